The largest absolute Gasteiger partial charge is 0.457 e. The number of rotatable bonds is 3. The van der Waals surface area contributed by atoms with Gasteiger partial charge in [0.25, 0.3) is 0 Å². The second-order valence-corrected chi connectivity index (χ2v) is 4.66. The van der Waals surface area contributed by atoms with Crippen LogP contribution in [0.4, 0.5) is 0 Å². The zero-order valence-electron chi connectivity index (χ0n) is 10.5. The first-order chi connectivity index (χ1) is 7.97. The Balaban J connectivity index is 2.46. The molecule has 0 radical (unpaired) electrons. The minimum absolute atomic E-state index is 0.324. The lowest BCUT2D eigenvalue weighted by atomic mass is 10.2. The highest BCUT2D eigenvalue weighted by Crippen LogP contribution is 2.07. The van der Waals surface area contributed by atoms with Crippen molar-refractivity contribution < 1.29 is 9.53 Å². The highest BCUT2D eigenvalue weighted by molar-refractivity contribution is 5.82. The van der Waals surface area contributed by atoms with Gasteiger partial charge in [0.2, 0.25) is 0 Å². The van der Waals surface area contributed by atoms with Gasteiger partial charge in [-0.15, -0.1) is 0 Å². The maximum atomic E-state index is 11.3. The van der Waals surface area contributed by atoms with Gasteiger partial charge < -0.3 is 4.74 Å². The van der Waals surface area contributed by atoms with Crippen LogP contribution in [0.2, 0.25) is 0 Å². The van der Waals surface area contributed by atoms with Crippen molar-refractivity contribution in [3.05, 3.63) is 54.1 Å². The lowest BCUT2D eigenvalue weighted by molar-refractivity contribution is -0.148. The van der Waals surface area contributed by atoms with Gasteiger partial charge in [0, 0.05) is 6.08 Å². The highest BCUT2D eigenvalue weighted by Gasteiger charge is 2.13. The van der Waals surface area contributed by atoms with Crippen molar-refractivity contribution in [2.24, 2.45) is 0 Å². The first-order valence-electron chi connectivity index (χ1n) is 5.60. The van der Waals surface area contributed by atoms with Crippen LogP contribution in [0.15, 0.2) is 48.6 Å². The van der Waals surface area contributed by atoms with E-state index in [2.05, 4.69) is 0 Å². The van der Waals surface area contributed by atoms with Crippen LogP contribution in [0.5, 0.6) is 0 Å². The van der Waals surface area contributed by atoms with Crippen molar-refractivity contribution >= 4 is 12.0 Å². The standard InChI is InChI=1S/C15H18O2/c1-15(2,3)17-14(16)12-8-7-11-13-9-5-4-6-10-13/h4-12H,1-3H3/b11-7+,12-8?. The van der Waals surface area contributed by atoms with Crippen LogP contribution >= 0.6 is 0 Å². The number of ether oxygens (including phenoxy) is 1. The number of hydrogen-bond donors (Lipinski definition) is 0. The molecule has 0 amide bonds. The van der Waals surface area contributed by atoms with Gasteiger partial charge in [0.15, 0.2) is 0 Å². The molecule has 0 heterocycles. The van der Waals surface area contributed by atoms with E-state index in [1.807, 2.05) is 63.3 Å². The van der Waals surface area contributed by atoms with E-state index in [4.69, 9.17) is 4.74 Å². The Kier molecular flexibility index (Phi) is 4.70. The number of esters is 1. The summed E-state index contributed by atoms with van der Waals surface area (Å²) in [5.74, 6) is -0.324. The number of benzene rings is 1. The van der Waals surface area contributed by atoms with Gasteiger partial charge in [-0.1, -0.05) is 48.6 Å². The Morgan fingerprint density at radius 3 is 2.35 bits per heavy atom. The summed E-state index contributed by atoms with van der Waals surface area (Å²) >= 11 is 0. The average molecular weight is 230 g/mol. The van der Waals surface area contributed by atoms with Crippen LogP contribution in [0.1, 0.15) is 26.3 Å². The molecule has 0 fully saturated rings. The molecule has 1 aromatic rings. The van der Waals surface area contributed by atoms with Gasteiger partial charge in [0.1, 0.15) is 5.60 Å². The molecule has 0 aliphatic rings. The Morgan fingerprint density at radius 1 is 1.12 bits per heavy atom. The molecule has 2 nitrogen and oxygen atoms in total. The van der Waals surface area contributed by atoms with Crippen molar-refractivity contribution in [1.82, 2.24) is 0 Å². The minimum atomic E-state index is -0.440. The molecular formula is C15H18O2. The Hall–Kier alpha value is -1.83. The first kappa shape index (κ1) is 13.2. The number of carbonyl (C=O) groups excluding carboxylic acids is 1. The van der Waals surface area contributed by atoms with Gasteiger partial charge >= 0.3 is 5.97 Å². The second-order valence-electron chi connectivity index (χ2n) is 4.66. The molecule has 0 aromatic heterocycles. The molecule has 0 spiro atoms. The Bertz CT molecular complexity index is 408. The van der Waals surface area contributed by atoms with E-state index in [1.54, 1.807) is 6.08 Å². The minimum Gasteiger partial charge on any atom is -0.457 e. The van der Waals surface area contributed by atoms with E-state index in [9.17, 15) is 4.79 Å². The predicted molar refractivity (Wildman–Crippen MR) is 70.5 cm³/mol. The maximum Gasteiger partial charge on any atom is 0.331 e. The molecule has 0 atom stereocenters. The molecule has 0 saturated heterocycles. The third kappa shape index (κ3) is 6.36. The summed E-state index contributed by atoms with van der Waals surface area (Å²) in [4.78, 5) is 11.3. The quantitative estimate of drug-likeness (QED) is 0.450. The highest BCUT2D eigenvalue weighted by atomic mass is 16.6. The Morgan fingerprint density at radius 2 is 1.76 bits per heavy atom. The first-order valence-corrected chi connectivity index (χ1v) is 5.60. The van der Waals surface area contributed by atoms with Gasteiger partial charge in [-0.25, -0.2) is 4.79 Å². The van der Waals surface area contributed by atoms with E-state index >= 15 is 0 Å². The third-order valence-electron chi connectivity index (χ3n) is 1.84. The second kappa shape index (κ2) is 6.04. The van der Waals surface area contributed by atoms with E-state index in [-0.39, 0.29) is 5.97 Å². The third-order valence-corrected chi connectivity index (χ3v) is 1.84. The summed E-state index contributed by atoms with van der Waals surface area (Å²) in [6, 6.07) is 9.90. The molecule has 0 unspecified atom stereocenters. The summed E-state index contributed by atoms with van der Waals surface area (Å²) in [5, 5.41) is 0. The molecule has 0 aliphatic carbocycles. The van der Waals surface area contributed by atoms with Gasteiger partial charge in [-0.2, -0.15) is 0 Å². The van der Waals surface area contributed by atoms with E-state index in [0.717, 1.165) is 5.56 Å². The predicted octanol–water partition coefficient (Wildman–Crippen LogP) is 3.60. The van der Waals surface area contributed by atoms with E-state index in [1.165, 1.54) is 6.08 Å². The summed E-state index contributed by atoms with van der Waals surface area (Å²) in [6.07, 6.45) is 6.85. The van der Waals surface area contributed by atoms with Crippen LogP contribution in [0, 0.1) is 0 Å². The lowest BCUT2D eigenvalue weighted by Gasteiger charge is -2.17. The molecule has 2 heteroatoms. The molecule has 1 rings (SSSR count). The monoisotopic (exact) mass is 230 g/mol. The summed E-state index contributed by atoms with van der Waals surface area (Å²) in [6.45, 7) is 5.54. The van der Waals surface area contributed by atoms with Crippen molar-refractivity contribution in [3.63, 3.8) is 0 Å². The smallest absolute Gasteiger partial charge is 0.331 e. The molecule has 1 aromatic carbocycles. The van der Waals surface area contributed by atoms with Crippen molar-refractivity contribution in [2.75, 3.05) is 0 Å². The summed E-state index contributed by atoms with van der Waals surface area (Å²) in [5.41, 5.74) is 0.659. The molecule has 0 saturated carbocycles. The average Bonchev–Trinajstić information content (AvgIpc) is 2.23. The van der Waals surface area contributed by atoms with E-state index < -0.39 is 5.60 Å². The Labute approximate surface area is 103 Å². The van der Waals surface area contributed by atoms with Crippen LogP contribution in [-0.4, -0.2) is 11.6 Å². The molecule has 0 aliphatic heterocycles. The topological polar surface area (TPSA) is 26.3 Å². The number of carbonyl (C=O) groups is 1. The van der Waals surface area contributed by atoms with Gasteiger partial charge in [-0.3, -0.25) is 0 Å². The van der Waals surface area contributed by atoms with Gasteiger partial charge in [0.05, 0.1) is 0 Å². The fourth-order valence-corrected chi connectivity index (χ4v) is 1.20. The molecular weight excluding hydrogens is 212 g/mol. The van der Waals surface area contributed by atoms with Crippen LogP contribution in [0.3, 0.4) is 0 Å². The fourth-order valence-electron chi connectivity index (χ4n) is 1.20. The van der Waals surface area contributed by atoms with Gasteiger partial charge in [-0.05, 0) is 26.3 Å². The normalized spacial score (nSPS) is 12.2. The molecule has 17 heavy (non-hydrogen) atoms. The zero-order valence-corrected chi connectivity index (χ0v) is 10.5. The van der Waals surface area contributed by atoms with E-state index in [0.29, 0.717) is 0 Å². The van der Waals surface area contributed by atoms with Crippen LogP contribution < -0.4 is 0 Å². The molecule has 0 bridgehead atoms. The maximum absolute atomic E-state index is 11.3. The zero-order chi connectivity index (χ0) is 12.7. The van der Waals surface area contributed by atoms with Crippen LogP contribution in [0.25, 0.3) is 6.08 Å². The fraction of sp³-hybridized carbons (Fsp3) is 0.267. The number of allylic oxidation sites excluding steroid dienone is 2. The SMILES string of the molecule is CC(C)(C)OC(=O)C=C/C=C/c1ccccc1. The molecule has 0 N–H and O–H groups in total. The van der Waals surface area contributed by atoms with Crippen molar-refractivity contribution in [1.29, 1.82) is 0 Å². The van der Waals surface area contributed by atoms with Crippen molar-refractivity contribution in [2.45, 2.75) is 26.4 Å². The number of hydrogen-bond acceptors (Lipinski definition) is 2. The summed E-state index contributed by atoms with van der Waals surface area (Å²) in [7, 11) is 0. The molecule has 90 valence electrons. The lowest BCUT2D eigenvalue weighted by Crippen LogP contribution is -2.22. The summed E-state index contributed by atoms with van der Waals surface area (Å²) < 4.78 is 5.13. The van der Waals surface area contributed by atoms with Crippen LogP contribution in [-0.2, 0) is 9.53 Å². The van der Waals surface area contributed by atoms with Crippen molar-refractivity contribution in [3.8, 4) is 0 Å².